The van der Waals surface area contributed by atoms with Gasteiger partial charge in [0.05, 0.1) is 5.69 Å². The van der Waals surface area contributed by atoms with E-state index >= 15 is 0 Å². The normalized spacial score (nSPS) is 10.4. The van der Waals surface area contributed by atoms with Crippen LogP contribution in [0.3, 0.4) is 0 Å². The Kier molecular flexibility index (Phi) is 4.37. The van der Waals surface area contributed by atoms with Gasteiger partial charge in [0.2, 0.25) is 11.8 Å². The van der Waals surface area contributed by atoms with E-state index in [1.54, 1.807) is 28.9 Å². The van der Waals surface area contributed by atoms with Crippen LogP contribution < -0.4 is 11.1 Å². The first-order valence-corrected chi connectivity index (χ1v) is 6.64. The SMILES string of the molecule is Cc1nn(C)cc1CCC(=O)Nc1ccc(C(N)=O)cc1. The number of anilines is 1. The third kappa shape index (κ3) is 3.92. The van der Waals surface area contributed by atoms with E-state index < -0.39 is 5.91 Å². The summed E-state index contributed by atoms with van der Waals surface area (Å²) in [5.74, 6) is -0.565. The van der Waals surface area contributed by atoms with Crippen LogP contribution in [0.15, 0.2) is 30.5 Å². The molecule has 6 nitrogen and oxygen atoms in total. The first-order chi connectivity index (χ1) is 9.95. The summed E-state index contributed by atoms with van der Waals surface area (Å²) in [4.78, 5) is 22.8. The summed E-state index contributed by atoms with van der Waals surface area (Å²) in [5, 5.41) is 7.03. The average molecular weight is 286 g/mol. The van der Waals surface area contributed by atoms with Gasteiger partial charge in [-0.15, -0.1) is 0 Å². The molecule has 6 heteroatoms. The molecule has 110 valence electrons. The second kappa shape index (κ2) is 6.21. The van der Waals surface area contributed by atoms with Gasteiger partial charge in [0.15, 0.2) is 0 Å². The van der Waals surface area contributed by atoms with E-state index in [2.05, 4.69) is 10.4 Å². The lowest BCUT2D eigenvalue weighted by Gasteiger charge is -2.05. The molecule has 0 spiro atoms. The Morgan fingerprint density at radius 3 is 2.48 bits per heavy atom. The lowest BCUT2D eigenvalue weighted by Crippen LogP contribution is -2.13. The Hall–Kier alpha value is -2.63. The van der Waals surface area contributed by atoms with Gasteiger partial charge in [0.1, 0.15) is 0 Å². The fraction of sp³-hybridized carbons (Fsp3) is 0.267. The summed E-state index contributed by atoms with van der Waals surface area (Å²) in [6.45, 7) is 1.93. The minimum absolute atomic E-state index is 0.0786. The van der Waals surface area contributed by atoms with E-state index in [4.69, 9.17) is 5.73 Å². The predicted octanol–water partition coefficient (Wildman–Crippen LogP) is 1.40. The molecule has 0 aliphatic rings. The monoisotopic (exact) mass is 286 g/mol. The number of hydrogen-bond acceptors (Lipinski definition) is 3. The summed E-state index contributed by atoms with van der Waals surface area (Å²) in [5.41, 5.74) is 8.23. The van der Waals surface area contributed by atoms with Gasteiger partial charge in [-0.25, -0.2) is 0 Å². The molecule has 0 saturated carbocycles. The Morgan fingerprint density at radius 1 is 1.29 bits per heavy atom. The highest BCUT2D eigenvalue weighted by Crippen LogP contribution is 2.11. The molecule has 0 atom stereocenters. The van der Waals surface area contributed by atoms with Gasteiger partial charge in [-0.05, 0) is 43.2 Å². The van der Waals surface area contributed by atoms with Crippen LogP contribution in [-0.2, 0) is 18.3 Å². The number of hydrogen-bond donors (Lipinski definition) is 2. The molecule has 2 aromatic rings. The maximum absolute atomic E-state index is 11.9. The molecule has 21 heavy (non-hydrogen) atoms. The zero-order chi connectivity index (χ0) is 15.4. The molecule has 3 N–H and O–H groups in total. The summed E-state index contributed by atoms with van der Waals surface area (Å²) >= 11 is 0. The highest BCUT2D eigenvalue weighted by atomic mass is 16.1. The summed E-state index contributed by atoms with van der Waals surface area (Å²) in [7, 11) is 1.86. The van der Waals surface area contributed by atoms with Crippen molar-refractivity contribution in [3.63, 3.8) is 0 Å². The van der Waals surface area contributed by atoms with Crippen LogP contribution in [0.25, 0.3) is 0 Å². The molecule has 0 saturated heterocycles. The quantitative estimate of drug-likeness (QED) is 0.870. The smallest absolute Gasteiger partial charge is 0.248 e. The molecule has 0 unspecified atom stereocenters. The van der Waals surface area contributed by atoms with Gasteiger partial charge in [0.25, 0.3) is 0 Å². The molecule has 2 rings (SSSR count). The molecule has 0 aliphatic carbocycles. The van der Waals surface area contributed by atoms with Crippen molar-refractivity contribution in [2.24, 2.45) is 12.8 Å². The number of nitrogens with zero attached hydrogens (tertiary/aromatic N) is 2. The standard InChI is InChI=1S/C15H18N4O2/c1-10-12(9-19(2)18-10)5-8-14(20)17-13-6-3-11(4-7-13)15(16)21/h3-4,6-7,9H,5,8H2,1-2H3,(H2,16,21)(H,17,20). The second-order valence-corrected chi connectivity index (χ2v) is 4.90. The molecule has 0 aliphatic heterocycles. The first-order valence-electron chi connectivity index (χ1n) is 6.64. The van der Waals surface area contributed by atoms with Gasteiger partial charge in [-0.3, -0.25) is 14.3 Å². The van der Waals surface area contributed by atoms with Crippen LogP contribution in [0.5, 0.6) is 0 Å². The molecule has 2 amide bonds. The van der Waals surface area contributed by atoms with Crippen molar-refractivity contribution in [3.8, 4) is 0 Å². The number of amides is 2. The summed E-state index contributed by atoms with van der Waals surface area (Å²) in [6, 6.07) is 6.49. The van der Waals surface area contributed by atoms with Crippen molar-refractivity contribution in [2.75, 3.05) is 5.32 Å². The maximum atomic E-state index is 11.9. The van der Waals surface area contributed by atoms with Crippen molar-refractivity contribution < 1.29 is 9.59 Å². The molecule has 0 bridgehead atoms. The van der Waals surface area contributed by atoms with Crippen LogP contribution in [0, 0.1) is 6.92 Å². The number of benzene rings is 1. The van der Waals surface area contributed by atoms with E-state index in [0.29, 0.717) is 24.1 Å². The zero-order valence-electron chi connectivity index (χ0n) is 12.1. The predicted molar refractivity (Wildman–Crippen MR) is 79.9 cm³/mol. The molecule has 1 aromatic carbocycles. The lowest BCUT2D eigenvalue weighted by atomic mass is 10.1. The number of primary amides is 1. The van der Waals surface area contributed by atoms with Gasteiger partial charge in [0, 0.05) is 30.9 Å². The molecule has 1 aromatic heterocycles. The molecule has 0 radical (unpaired) electrons. The van der Waals surface area contributed by atoms with Crippen LogP contribution in [-0.4, -0.2) is 21.6 Å². The van der Waals surface area contributed by atoms with Crippen LogP contribution in [0.4, 0.5) is 5.69 Å². The van der Waals surface area contributed by atoms with Crippen molar-refractivity contribution in [3.05, 3.63) is 47.3 Å². The van der Waals surface area contributed by atoms with Gasteiger partial charge >= 0.3 is 0 Å². The Bertz CT molecular complexity index is 659. The number of carbonyl (C=O) groups is 2. The summed E-state index contributed by atoms with van der Waals surface area (Å²) in [6.07, 6.45) is 2.94. The van der Waals surface area contributed by atoms with Crippen LogP contribution in [0.2, 0.25) is 0 Å². The highest BCUT2D eigenvalue weighted by Gasteiger charge is 2.08. The molecular weight excluding hydrogens is 268 g/mol. The number of nitrogens with one attached hydrogen (secondary N) is 1. The van der Waals surface area contributed by atoms with Crippen molar-refractivity contribution in [2.45, 2.75) is 19.8 Å². The fourth-order valence-corrected chi connectivity index (χ4v) is 2.08. The minimum Gasteiger partial charge on any atom is -0.366 e. The number of rotatable bonds is 5. The van der Waals surface area contributed by atoms with E-state index in [0.717, 1.165) is 11.3 Å². The Labute approximate surface area is 122 Å². The number of carbonyl (C=O) groups excluding carboxylic acids is 2. The summed E-state index contributed by atoms with van der Waals surface area (Å²) < 4.78 is 1.74. The third-order valence-electron chi connectivity index (χ3n) is 3.19. The van der Waals surface area contributed by atoms with E-state index in [1.165, 1.54) is 0 Å². The fourth-order valence-electron chi connectivity index (χ4n) is 2.08. The zero-order valence-corrected chi connectivity index (χ0v) is 12.1. The second-order valence-electron chi connectivity index (χ2n) is 4.90. The number of aromatic nitrogens is 2. The number of aryl methyl sites for hydroxylation is 3. The van der Waals surface area contributed by atoms with E-state index in [1.807, 2.05) is 20.2 Å². The first kappa shape index (κ1) is 14.8. The highest BCUT2D eigenvalue weighted by molar-refractivity contribution is 5.94. The van der Waals surface area contributed by atoms with Crippen LogP contribution in [0.1, 0.15) is 28.0 Å². The van der Waals surface area contributed by atoms with Crippen molar-refractivity contribution in [1.29, 1.82) is 0 Å². The average Bonchev–Trinajstić information content (AvgIpc) is 2.75. The molecule has 0 fully saturated rings. The number of nitrogens with two attached hydrogens (primary N) is 1. The molecule has 1 heterocycles. The van der Waals surface area contributed by atoms with Crippen molar-refractivity contribution >= 4 is 17.5 Å². The van der Waals surface area contributed by atoms with Crippen LogP contribution >= 0.6 is 0 Å². The Morgan fingerprint density at radius 2 is 1.95 bits per heavy atom. The molecular formula is C15H18N4O2. The minimum atomic E-state index is -0.486. The lowest BCUT2D eigenvalue weighted by molar-refractivity contribution is -0.116. The topological polar surface area (TPSA) is 90.0 Å². The largest absolute Gasteiger partial charge is 0.366 e. The van der Waals surface area contributed by atoms with E-state index in [9.17, 15) is 9.59 Å². The van der Waals surface area contributed by atoms with Gasteiger partial charge in [-0.1, -0.05) is 0 Å². The maximum Gasteiger partial charge on any atom is 0.248 e. The van der Waals surface area contributed by atoms with Gasteiger partial charge in [-0.2, -0.15) is 5.10 Å². The van der Waals surface area contributed by atoms with Gasteiger partial charge < -0.3 is 11.1 Å². The van der Waals surface area contributed by atoms with E-state index in [-0.39, 0.29) is 5.91 Å². The van der Waals surface area contributed by atoms with Crippen molar-refractivity contribution in [1.82, 2.24) is 9.78 Å². The third-order valence-corrected chi connectivity index (χ3v) is 3.19. The Balaban J connectivity index is 1.89.